The lowest BCUT2D eigenvalue weighted by molar-refractivity contribution is 0.599. The standard InChI is InChI=1S/C21H16FN5O/c22-17-8-13(14-3-5-15(10-23)18(24)9-14)4-6-16(17)12-27-19-2-1-7-25-21(19)26-11-20(27)28/h1-11,23H,12,24H2. The van der Waals surface area contributed by atoms with Crippen molar-refractivity contribution in [1.29, 1.82) is 5.41 Å². The number of nitrogen functional groups attached to an aromatic ring is 1. The minimum absolute atomic E-state index is 0.0739. The predicted molar refractivity (Wildman–Crippen MR) is 107 cm³/mol. The second-order valence-corrected chi connectivity index (χ2v) is 6.32. The number of pyridine rings is 1. The topological polar surface area (TPSA) is 97.6 Å². The lowest BCUT2D eigenvalue weighted by Gasteiger charge is -2.11. The number of hydrogen-bond acceptors (Lipinski definition) is 5. The number of nitrogens with two attached hydrogens (primary N) is 1. The summed E-state index contributed by atoms with van der Waals surface area (Å²) in [6.07, 6.45) is 3.96. The molecule has 0 saturated carbocycles. The Bertz CT molecular complexity index is 1270. The van der Waals surface area contributed by atoms with Crippen LogP contribution >= 0.6 is 0 Å². The van der Waals surface area contributed by atoms with Gasteiger partial charge in [0.1, 0.15) is 5.82 Å². The van der Waals surface area contributed by atoms with Crippen LogP contribution in [0.5, 0.6) is 0 Å². The average molecular weight is 373 g/mol. The highest BCUT2D eigenvalue weighted by Crippen LogP contribution is 2.25. The van der Waals surface area contributed by atoms with Gasteiger partial charge in [-0.1, -0.05) is 24.3 Å². The summed E-state index contributed by atoms with van der Waals surface area (Å²) in [5, 5.41) is 7.30. The highest BCUT2D eigenvalue weighted by atomic mass is 19.1. The molecule has 138 valence electrons. The summed E-state index contributed by atoms with van der Waals surface area (Å²) in [6, 6.07) is 13.5. The summed E-state index contributed by atoms with van der Waals surface area (Å²) in [5.41, 5.74) is 9.44. The Hall–Kier alpha value is -3.87. The molecule has 3 N–H and O–H groups in total. The molecule has 28 heavy (non-hydrogen) atoms. The van der Waals surface area contributed by atoms with Crippen LogP contribution in [0.1, 0.15) is 11.1 Å². The van der Waals surface area contributed by atoms with E-state index in [1.165, 1.54) is 23.0 Å². The molecule has 0 aliphatic carbocycles. The molecule has 0 bridgehead atoms. The van der Waals surface area contributed by atoms with Gasteiger partial charge in [0.25, 0.3) is 5.56 Å². The van der Waals surface area contributed by atoms with Crippen molar-refractivity contribution in [2.45, 2.75) is 6.54 Å². The predicted octanol–water partition coefficient (Wildman–Crippen LogP) is 3.23. The molecule has 0 saturated heterocycles. The summed E-state index contributed by atoms with van der Waals surface area (Å²) in [4.78, 5) is 20.4. The van der Waals surface area contributed by atoms with Crippen molar-refractivity contribution in [3.8, 4) is 11.1 Å². The summed E-state index contributed by atoms with van der Waals surface area (Å²) >= 11 is 0. The maximum Gasteiger partial charge on any atom is 0.269 e. The van der Waals surface area contributed by atoms with Gasteiger partial charge in [0, 0.05) is 29.2 Å². The average Bonchev–Trinajstić information content (AvgIpc) is 2.71. The van der Waals surface area contributed by atoms with Crippen LogP contribution in [-0.2, 0) is 6.54 Å². The molecule has 2 aromatic carbocycles. The molecule has 4 aromatic rings. The maximum atomic E-state index is 14.8. The molecule has 0 fully saturated rings. The minimum atomic E-state index is -0.423. The molecule has 0 aliphatic rings. The van der Waals surface area contributed by atoms with Gasteiger partial charge in [-0.25, -0.2) is 14.4 Å². The first-order chi connectivity index (χ1) is 13.6. The van der Waals surface area contributed by atoms with E-state index < -0.39 is 5.82 Å². The zero-order valence-corrected chi connectivity index (χ0v) is 14.8. The van der Waals surface area contributed by atoms with Gasteiger partial charge in [0.05, 0.1) is 18.3 Å². The van der Waals surface area contributed by atoms with Crippen LogP contribution in [0.2, 0.25) is 0 Å². The molecular formula is C21H16FN5O. The van der Waals surface area contributed by atoms with Gasteiger partial charge in [-0.3, -0.25) is 9.36 Å². The van der Waals surface area contributed by atoms with Gasteiger partial charge in [-0.2, -0.15) is 0 Å². The minimum Gasteiger partial charge on any atom is -0.398 e. The molecule has 0 aliphatic heterocycles. The van der Waals surface area contributed by atoms with Gasteiger partial charge in [-0.05, 0) is 35.4 Å². The fourth-order valence-electron chi connectivity index (χ4n) is 3.08. The summed E-state index contributed by atoms with van der Waals surface area (Å²) in [6.45, 7) is 0.0739. The van der Waals surface area contributed by atoms with E-state index in [9.17, 15) is 9.18 Å². The summed E-state index contributed by atoms with van der Waals surface area (Å²) < 4.78 is 16.2. The number of benzene rings is 2. The Labute approximate surface area is 159 Å². The van der Waals surface area contributed by atoms with E-state index in [0.717, 1.165) is 5.56 Å². The Morgan fingerprint density at radius 2 is 1.89 bits per heavy atom. The van der Waals surface area contributed by atoms with Crippen molar-refractivity contribution in [3.05, 3.63) is 88.2 Å². The Balaban J connectivity index is 1.72. The van der Waals surface area contributed by atoms with Crippen LogP contribution < -0.4 is 11.3 Å². The first-order valence-corrected chi connectivity index (χ1v) is 8.56. The van der Waals surface area contributed by atoms with Crippen LogP contribution in [0.4, 0.5) is 10.1 Å². The third kappa shape index (κ3) is 3.14. The molecule has 0 unspecified atom stereocenters. The SMILES string of the molecule is N=Cc1ccc(-c2ccc(Cn3c(=O)cnc4ncccc43)c(F)c2)cc1N. The quantitative estimate of drug-likeness (QED) is 0.424. The van der Waals surface area contributed by atoms with E-state index in [2.05, 4.69) is 9.97 Å². The number of hydrogen-bond donors (Lipinski definition) is 2. The van der Waals surface area contributed by atoms with Crippen LogP contribution in [0.3, 0.4) is 0 Å². The largest absolute Gasteiger partial charge is 0.398 e. The van der Waals surface area contributed by atoms with Crippen molar-refractivity contribution < 1.29 is 4.39 Å². The molecule has 0 atom stereocenters. The first kappa shape index (κ1) is 17.5. The Morgan fingerprint density at radius 1 is 1.11 bits per heavy atom. The number of rotatable bonds is 4. The second-order valence-electron chi connectivity index (χ2n) is 6.32. The fraction of sp³-hybridized carbons (Fsp3) is 0.0476. The lowest BCUT2D eigenvalue weighted by atomic mass is 10.0. The molecule has 2 aromatic heterocycles. The number of anilines is 1. The zero-order valence-electron chi connectivity index (χ0n) is 14.8. The maximum absolute atomic E-state index is 14.8. The molecule has 7 heteroatoms. The smallest absolute Gasteiger partial charge is 0.269 e. The molecule has 0 radical (unpaired) electrons. The number of aromatic nitrogens is 3. The third-order valence-electron chi connectivity index (χ3n) is 4.58. The summed E-state index contributed by atoms with van der Waals surface area (Å²) in [5.74, 6) is -0.423. The Morgan fingerprint density at radius 3 is 2.64 bits per heavy atom. The van der Waals surface area contributed by atoms with Crippen LogP contribution in [0.15, 0.2) is 65.7 Å². The highest BCUT2D eigenvalue weighted by molar-refractivity contribution is 5.87. The van der Waals surface area contributed by atoms with Crippen molar-refractivity contribution in [2.24, 2.45) is 0 Å². The van der Waals surface area contributed by atoms with Gasteiger partial charge >= 0.3 is 0 Å². The van der Waals surface area contributed by atoms with E-state index in [-0.39, 0.29) is 12.1 Å². The van der Waals surface area contributed by atoms with E-state index in [4.69, 9.17) is 11.1 Å². The second kappa shape index (κ2) is 7.03. The Kier molecular flexibility index (Phi) is 4.41. The highest BCUT2D eigenvalue weighted by Gasteiger charge is 2.11. The van der Waals surface area contributed by atoms with Gasteiger partial charge in [0.2, 0.25) is 0 Å². The van der Waals surface area contributed by atoms with Gasteiger partial charge in [0.15, 0.2) is 5.65 Å². The number of fused-ring (bicyclic) bond motifs is 1. The zero-order chi connectivity index (χ0) is 19.7. The fourth-order valence-corrected chi connectivity index (χ4v) is 3.08. The summed E-state index contributed by atoms with van der Waals surface area (Å²) in [7, 11) is 0. The van der Waals surface area contributed by atoms with Gasteiger partial charge in [-0.15, -0.1) is 0 Å². The molecule has 0 spiro atoms. The molecule has 2 heterocycles. The molecule has 4 rings (SSSR count). The van der Waals surface area contributed by atoms with Crippen LogP contribution in [0, 0.1) is 11.2 Å². The molecular weight excluding hydrogens is 357 g/mol. The van der Waals surface area contributed by atoms with Crippen molar-refractivity contribution >= 4 is 23.1 Å². The number of nitrogens with one attached hydrogen (secondary N) is 1. The van der Waals surface area contributed by atoms with E-state index in [1.54, 1.807) is 48.7 Å². The van der Waals surface area contributed by atoms with Crippen LogP contribution in [0.25, 0.3) is 22.3 Å². The van der Waals surface area contributed by atoms with E-state index >= 15 is 0 Å². The van der Waals surface area contributed by atoms with Crippen molar-refractivity contribution in [1.82, 2.24) is 14.5 Å². The number of halogens is 1. The monoisotopic (exact) mass is 373 g/mol. The third-order valence-corrected chi connectivity index (χ3v) is 4.58. The van der Waals surface area contributed by atoms with E-state index in [0.29, 0.717) is 33.5 Å². The van der Waals surface area contributed by atoms with E-state index in [1.807, 2.05) is 0 Å². The number of nitrogens with zero attached hydrogens (tertiary/aromatic N) is 3. The van der Waals surface area contributed by atoms with Crippen molar-refractivity contribution in [3.63, 3.8) is 0 Å². The van der Waals surface area contributed by atoms with Crippen molar-refractivity contribution in [2.75, 3.05) is 5.73 Å². The molecule has 6 nitrogen and oxygen atoms in total. The molecule has 0 amide bonds. The normalized spacial score (nSPS) is 10.9. The first-order valence-electron chi connectivity index (χ1n) is 8.56. The lowest BCUT2D eigenvalue weighted by Crippen LogP contribution is -2.21. The van der Waals surface area contributed by atoms with Gasteiger partial charge < -0.3 is 11.1 Å². The van der Waals surface area contributed by atoms with Crippen LogP contribution in [-0.4, -0.2) is 20.7 Å².